The lowest BCUT2D eigenvalue weighted by atomic mass is 9.96. The Labute approximate surface area is 125 Å². The van der Waals surface area contributed by atoms with E-state index in [0.29, 0.717) is 0 Å². The Morgan fingerprint density at radius 2 is 2.14 bits per heavy atom. The van der Waals surface area contributed by atoms with Crippen molar-refractivity contribution in [3.8, 4) is 0 Å². The molecule has 114 valence electrons. The third-order valence-electron chi connectivity index (χ3n) is 4.33. The van der Waals surface area contributed by atoms with Gasteiger partial charge in [0.05, 0.1) is 5.92 Å². The number of nitrogens with zero attached hydrogens (tertiary/aromatic N) is 2. The van der Waals surface area contributed by atoms with Crippen molar-refractivity contribution in [2.24, 2.45) is 5.92 Å². The Kier molecular flexibility index (Phi) is 4.70. The lowest BCUT2D eigenvalue weighted by Crippen LogP contribution is -2.47. The first-order chi connectivity index (χ1) is 10.3. The molecular formula is C16H23N3O2. The summed E-state index contributed by atoms with van der Waals surface area (Å²) in [6.07, 6.45) is 5.69. The molecule has 2 aliphatic rings. The van der Waals surface area contributed by atoms with Crippen molar-refractivity contribution < 1.29 is 9.53 Å². The molecule has 21 heavy (non-hydrogen) atoms. The van der Waals surface area contributed by atoms with Crippen LogP contribution in [0.2, 0.25) is 0 Å². The molecule has 3 rings (SSSR count). The molecule has 1 amide bonds. The van der Waals surface area contributed by atoms with E-state index in [1.807, 2.05) is 18.2 Å². The molecule has 1 aromatic rings. The molecule has 1 aromatic heterocycles. The minimum Gasteiger partial charge on any atom is -0.381 e. The van der Waals surface area contributed by atoms with E-state index in [-0.39, 0.29) is 17.9 Å². The van der Waals surface area contributed by atoms with Crippen LogP contribution in [0.15, 0.2) is 24.4 Å². The van der Waals surface area contributed by atoms with Crippen molar-refractivity contribution in [1.29, 1.82) is 0 Å². The second kappa shape index (κ2) is 6.89. The smallest absolute Gasteiger partial charge is 0.225 e. The molecule has 3 heterocycles. The maximum atomic E-state index is 12.4. The van der Waals surface area contributed by atoms with Crippen LogP contribution >= 0.6 is 0 Å². The summed E-state index contributed by atoms with van der Waals surface area (Å²) in [5.74, 6) is 1.24. The summed E-state index contributed by atoms with van der Waals surface area (Å²) in [6.45, 7) is 3.27. The van der Waals surface area contributed by atoms with E-state index in [1.54, 1.807) is 6.20 Å². The lowest BCUT2D eigenvalue weighted by Gasteiger charge is -2.34. The Bertz CT molecular complexity index is 460. The van der Waals surface area contributed by atoms with Crippen molar-refractivity contribution in [2.75, 3.05) is 31.2 Å². The van der Waals surface area contributed by atoms with Crippen LogP contribution in [0.1, 0.15) is 25.7 Å². The molecule has 2 saturated heterocycles. The van der Waals surface area contributed by atoms with Gasteiger partial charge in [-0.3, -0.25) is 4.79 Å². The van der Waals surface area contributed by atoms with E-state index < -0.39 is 0 Å². The fourth-order valence-electron chi connectivity index (χ4n) is 3.10. The predicted octanol–water partition coefficient (Wildman–Crippen LogP) is 1.59. The monoisotopic (exact) mass is 289 g/mol. The summed E-state index contributed by atoms with van der Waals surface area (Å²) in [6, 6.07) is 6.21. The van der Waals surface area contributed by atoms with Crippen LogP contribution in [0.25, 0.3) is 0 Å². The zero-order valence-electron chi connectivity index (χ0n) is 12.3. The molecule has 2 aliphatic heterocycles. The summed E-state index contributed by atoms with van der Waals surface area (Å²) in [4.78, 5) is 19.1. The Morgan fingerprint density at radius 3 is 2.90 bits per heavy atom. The average molecular weight is 289 g/mol. The summed E-state index contributed by atoms with van der Waals surface area (Å²) in [5, 5.41) is 3.19. The first kappa shape index (κ1) is 14.3. The molecular weight excluding hydrogens is 266 g/mol. The molecule has 2 fully saturated rings. The number of carbonyl (C=O) groups is 1. The van der Waals surface area contributed by atoms with Crippen molar-refractivity contribution in [3.63, 3.8) is 0 Å². The third-order valence-corrected chi connectivity index (χ3v) is 4.33. The fraction of sp³-hybridized carbons (Fsp3) is 0.625. The zero-order valence-corrected chi connectivity index (χ0v) is 12.3. The largest absolute Gasteiger partial charge is 0.381 e. The van der Waals surface area contributed by atoms with E-state index in [1.165, 1.54) is 0 Å². The van der Waals surface area contributed by atoms with Gasteiger partial charge in [0.2, 0.25) is 5.91 Å². The number of nitrogens with one attached hydrogen (secondary N) is 1. The molecule has 0 bridgehead atoms. The van der Waals surface area contributed by atoms with Gasteiger partial charge in [-0.1, -0.05) is 6.07 Å². The van der Waals surface area contributed by atoms with Gasteiger partial charge in [-0.15, -0.1) is 0 Å². The number of hydrogen-bond acceptors (Lipinski definition) is 4. The Hall–Kier alpha value is -1.62. The second-order valence-electron chi connectivity index (χ2n) is 5.87. The van der Waals surface area contributed by atoms with Crippen LogP contribution in [-0.4, -0.2) is 43.2 Å². The second-order valence-corrected chi connectivity index (χ2v) is 5.87. The summed E-state index contributed by atoms with van der Waals surface area (Å²) in [5.41, 5.74) is 0. The van der Waals surface area contributed by atoms with Crippen LogP contribution < -0.4 is 10.2 Å². The predicted molar refractivity (Wildman–Crippen MR) is 81.2 cm³/mol. The summed E-state index contributed by atoms with van der Waals surface area (Å²) in [7, 11) is 0. The first-order valence-electron chi connectivity index (χ1n) is 7.87. The van der Waals surface area contributed by atoms with Gasteiger partial charge in [-0.05, 0) is 37.8 Å². The SMILES string of the molecule is O=C(NC1CCOCC1)C1CCCN(c2ccccn2)C1. The highest BCUT2D eigenvalue weighted by Gasteiger charge is 2.28. The lowest BCUT2D eigenvalue weighted by molar-refractivity contribution is -0.126. The van der Waals surface area contributed by atoms with Gasteiger partial charge in [0.1, 0.15) is 5.82 Å². The number of piperidine rings is 1. The average Bonchev–Trinajstić information content (AvgIpc) is 2.57. The molecule has 1 N–H and O–H groups in total. The highest BCUT2D eigenvalue weighted by atomic mass is 16.5. The van der Waals surface area contributed by atoms with Crippen LogP contribution in [0, 0.1) is 5.92 Å². The van der Waals surface area contributed by atoms with Crippen molar-refractivity contribution in [2.45, 2.75) is 31.7 Å². The number of amides is 1. The van der Waals surface area contributed by atoms with E-state index in [0.717, 1.165) is 57.8 Å². The maximum absolute atomic E-state index is 12.4. The number of pyridine rings is 1. The van der Waals surface area contributed by atoms with Crippen LogP contribution in [0.5, 0.6) is 0 Å². The molecule has 0 aliphatic carbocycles. The van der Waals surface area contributed by atoms with Gasteiger partial charge >= 0.3 is 0 Å². The molecule has 0 radical (unpaired) electrons. The summed E-state index contributed by atoms with van der Waals surface area (Å²) < 4.78 is 5.33. The third kappa shape index (κ3) is 3.73. The molecule has 0 saturated carbocycles. The molecule has 1 unspecified atom stereocenters. The standard InChI is InChI=1S/C16H23N3O2/c20-16(18-14-6-10-21-11-7-14)13-4-3-9-19(12-13)15-5-1-2-8-17-15/h1-2,5,8,13-14H,3-4,6-7,9-12H2,(H,18,20). The molecule has 5 nitrogen and oxygen atoms in total. The Balaban J connectivity index is 1.56. The normalized spacial score (nSPS) is 23.8. The topological polar surface area (TPSA) is 54.5 Å². The van der Waals surface area contributed by atoms with Crippen molar-refractivity contribution in [3.05, 3.63) is 24.4 Å². The van der Waals surface area contributed by atoms with Gasteiger partial charge in [-0.25, -0.2) is 4.98 Å². The van der Waals surface area contributed by atoms with E-state index in [4.69, 9.17) is 4.74 Å². The molecule has 5 heteroatoms. The van der Waals surface area contributed by atoms with Gasteiger partial charge in [0, 0.05) is 38.5 Å². The number of aromatic nitrogens is 1. The molecule has 1 atom stereocenters. The van der Waals surface area contributed by atoms with Crippen molar-refractivity contribution in [1.82, 2.24) is 10.3 Å². The number of hydrogen-bond donors (Lipinski definition) is 1. The van der Waals surface area contributed by atoms with Gasteiger partial charge in [-0.2, -0.15) is 0 Å². The quantitative estimate of drug-likeness (QED) is 0.918. The molecule has 0 spiro atoms. The number of ether oxygens (including phenoxy) is 1. The summed E-state index contributed by atoms with van der Waals surface area (Å²) >= 11 is 0. The number of anilines is 1. The van der Waals surface area contributed by atoms with Gasteiger partial charge < -0.3 is 15.0 Å². The van der Waals surface area contributed by atoms with Crippen LogP contribution in [0.4, 0.5) is 5.82 Å². The maximum Gasteiger partial charge on any atom is 0.225 e. The van der Waals surface area contributed by atoms with E-state index in [9.17, 15) is 4.79 Å². The number of carbonyl (C=O) groups excluding carboxylic acids is 1. The molecule has 0 aromatic carbocycles. The van der Waals surface area contributed by atoms with E-state index >= 15 is 0 Å². The minimum atomic E-state index is 0.0728. The van der Waals surface area contributed by atoms with Gasteiger partial charge in [0.15, 0.2) is 0 Å². The highest BCUT2D eigenvalue weighted by molar-refractivity contribution is 5.79. The van der Waals surface area contributed by atoms with Crippen LogP contribution in [0.3, 0.4) is 0 Å². The zero-order chi connectivity index (χ0) is 14.5. The van der Waals surface area contributed by atoms with Crippen LogP contribution in [-0.2, 0) is 9.53 Å². The van der Waals surface area contributed by atoms with E-state index in [2.05, 4.69) is 15.2 Å². The Morgan fingerprint density at radius 1 is 1.29 bits per heavy atom. The van der Waals surface area contributed by atoms with Crippen molar-refractivity contribution >= 4 is 11.7 Å². The number of rotatable bonds is 3. The first-order valence-corrected chi connectivity index (χ1v) is 7.87. The fourth-order valence-corrected chi connectivity index (χ4v) is 3.10. The minimum absolute atomic E-state index is 0.0728. The van der Waals surface area contributed by atoms with Gasteiger partial charge in [0.25, 0.3) is 0 Å². The highest BCUT2D eigenvalue weighted by Crippen LogP contribution is 2.22.